The molecule has 3 saturated heterocycles. The lowest BCUT2D eigenvalue weighted by Gasteiger charge is -2.26. The first-order valence-electron chi connectivity index (χ1n) is 5.72. The van der Waals surface area contributed by atoms with Crippen molar-refractivity contribution in [2.45, 2.75) is 24.5 Å². The molecule has 0 amide bonds. The van der Waals surface area contributed by atoms with Crippen molar-refractivity contribution in [2.24, 2.45) is 0 Å². The maximum absolute atomic E-state index is 10.0. The lowest BCUT2D eigenvalue weighted by Crippen LogP contribution is -2.42. The van der Waals surface area contributed by atoms with E-state index in [4.69, 9.17) is 28.4 Å². The van der Waals surface area contributed by atoms with E-state index >= 15 is 0 Å². The molecule has 3 heterocycles. The van der Waals surface area contributed by atoms with Crippen LogP contribution in [0.1, 0.15) is 0 Å². The smallest absolute Gasteiger partial charge is 0.371 e. The van der Waals surface area contributed by atoms with Crippen molar-refractivity contribution in [1.82, 2.24) is 0 Å². The second-order valence-electron chi connectivity index (χ2n) is 4.32. The van der Waals surface area contributed by atoms with Crippen molar-refractivity contribution in [2.75, 3.05) is 39.6 Å². The van der Waals surface area contributed by atoms with E-state index in [9.17, 15) is 5.11 Å². The third kappa shape index (κ3) is 4.14. The molecule has 3 fully saturated rings. The molecule has 0 saturated carbocycles. The van der Waals surface area contributed by atoms with Crippen molar-refractivity contribution >= 4 is 0 Å². The number of hydrogen-bond acceptors (Lipinski definition) is 7. The second-order valence-corrected chi connectivity index (χ2v) is 4.32. The monoisotopic (exact) mass is 248 g/mol. The highest BCUT2D eigenvalue weighted by atomic mass is 17.0. The summed E-state index contributed by atoms with van der Waals surface area (Å²) in [4.78, 5) is 0. The number of ether oxygens (including phenoxy) is 6. The van der Waals surface area contributed by atoms with E-state index < -0.39 is 6.16 Å². The number of epoxide rings is 3. The van der Waals surface area contributed by atoms with E-state index in [1.165, 1.54) is 0 Å². The molecule has 0 aromatic rings. The van der Waals surface area contributed by atoms with Crippen LogP contribution in [0.2, 0.25) is 0 Å². The average Bonchev–Trinajstić information content (AvgIpc) is 3.17. The molecule has 0 spiro atoms. The zero-order valence-corrected chi connectivity index (χ0v) is 9.37. The molecule has 0 aliphatic carbocycles. The number of rotatable bonds is 9. The standard InChI is InChI=1S/C10H16O7/c11-10(15-4-7-1-12-7,16-5-8-2-13-8)17-6-9-3-14-9/h7-9,11H,1-6H2. The molecular formula is C10H16O7. The molecule has 98 valence electrons. The number of hydrogen-bond donors (Lipinski definition) is 1. The van der Waals surface area contributed by atoms with Crippen LogP contribution in [0.15, 0.2) is 0 Å². The van der Waals surface area contributed by atoms with E-state index in [-0.39, 0.29) is 38.1 Å². The molecule has 3 aliphatic rings. The van der Waals surface area contributed by atoms with Gasteiger partial charge >= 0.3 is 6.16 Å². The molecule has 3 rings (SSSR count). The molecular weight excluding hydrogens is 232 g/mol. The van der Waals surface area contributed by atoms with Gasteiger partial charge in [0.1, 0.15) is 18.3 Å². The Morgan fingerprint density at radius 2 is 1.12 bits per heavy atom. The fourth-order valence-electron chi connectivity index (χ4n) is 1.21. The topological polar surface area (TPSA) is 85.5 Å². The van der Waals surface area contributed by atoms with E-state index in [0.29, 0.717) is 19.8 Å². The molecule has 3 atom stereocenters. The quantitative estimate of drug-likeness (QED) is 0.406. The van der Waals surface area contributed by atoms with E-state index in [0.717, 1.165) is 0 Å². The Morgan fingerprint density at radius 3 is 1.35 bits per heavy atom. The minimum atomic E-state index is -2.02. The van der Waals surface area contributed by atoms with E-state index in [1.54, 1.807) is 0 Å². The first-order valence-corrected chi connectivity index (χ1v) is 5.72. The Balaban J connectivity index is 1.43. The van der Waals surface area contributed by atoms with Crippen LogP contribution >= 0.6 is 0 Å². The van der Waals surface area contributed by atoms with Crippen LogP contribution in [0, 0.1) is 0 Å². The summed E-state index contributed by atoms with van der Waals surface area (Å²) in [6, 6.07) is 0. The van der Waals surface area contributed by atoms with Crippen LogP contribution in [0.5, 0.6) is 0 Å². The van der Waals surface area contributed by atoms with Crippen LogP contribution in [-0.2, 0) is 28.4 Å². The minimum Gasteiger partial charge on any atom is -0.371 e. The maximum Gasteiger partial charge on any atom is 0.410 e. The average molecular weight is 248 g/mol. The lowest BCUT2D eigenvalue weighted by molar-refractivity contribution is -0.486. The highest BCUT2D eigenvalue weighted by molar-refractivity contribution is 4.71. The van der Waals surface area contributed by atoms with Crippen LogP contribution in [0.25, 0.3) is 0 Å². The summed E-state index contributed by atoms with van der Waals surface area (Å²) >= 11 is 0. The Morgan fingerprint density at radius 1 is 0.824 bits per heavy atom. The predicted octanol–water partition coefficient (Wildman–Crippen LogP) is -1.16. The summed E-state index contributed by atoms with van der Waals surface area (Å²) in [5, 5.41) is 10.0. The normalized spacial score (nSPS) is 37.6. The van der Waals surface area contributed by atoms with Gasteiger partial charge in [-0.15, -0.1) is 0 Å². The van der Waals surface area contributed by atoms with Crippen LogP contribution < -0.4 is 0 Å². The van der Waals surface area contributed by atoms with Gasteiger partial charge in [-0.05, 0) is 0 Å². The summed E-state index contributed by atoms with van der Waals surface area (Å²) in [7, 11) is 0. The molecule has 7 nitrogen and oxygen atoms in total. The summed E-state index contributed by atoms with van der Waals surface area (Å²) < 4.78 is 30.5. The fraction of sp³-hybridized carbons (Fsp3) is 1.00. The summed E-state index contributed by atoms with van der Waals surface area (Å²) in [6.45, 7) is 2.67. The van der Waals surface area contributed by atoms with Crippen molar-refractivity contribution in [3.63, 3.8) is 0 Å². The van der Waals surface area contributed by atoms with Crippen molar-refractivity contribution < 1.29 is 33.5 Å². The molecule has 3 aliphatic heterocycles. The Bertz CT molecular complexity index is 219. The Labute approximate surface area is 98.5 Å². The largest absolute Gasteiger partial charge is 0.410 e. The van der Waals surface area contributed by atoms with Crippen LogP contribution in [0.3, 0.4) is 0 Å². The Hall–Kier alpha value is -0.280. The first-order chi connectivity index (χ1) is 8.23. The molecule has 7 heteroatoms. The highest BCUT2D eigenvalue weighted by Gasteiger charge is 2.39. The maximum atomic E-state index is 10.0. The third-order valence-corrected chi connectivity index (χ3v) is 2.56. The highest BCUT2D eigenvalue weighted by Crippen LogP contribution is 2.21. The van der Waals surface area contributed by atoms with Gasteiger partial charge in [-0.1, -0.05) is 0 Å². The van der Waals surface area contributed by atoms with Gasteiger partial charge < -0.3 is 33.5 Å². The third-order valence-electron chi connectivity index (χ3n) is 2.56. The van der Waals surface area contributed by atoms with Gasteiger partial charge in [0.25, 0.3) is 0 Å². The van der Waals surface area contributed by atoms with Crippen molar-refractivity contribution in [3.8, 4) is 0 Å². The Kier molecular flexibility index (Phi) is 3.31. The molecule has 17 heavy (non-hydrogen) atoms. The van der Waals surface area contributed by atoms with Crippen LogP contribution in [0.4, 0.5) is 0 Å². The zero-order chi connectivity index (χ0) is 11.7. The van der Waals surface area contributed by atoms with Crippen molar-refractivity contribution in [1.29, 1.82) is 0 Å². The fourth-order valence-corrected chi connectivity index (χ4v) is 1.21. The molecule has 0 aromatic heterocycles. The molecule has 0 bridgehead atoms. The summed E-state index contributed by atoms with van der Waals surface area (Å²) in [5.41, 5.74) is 0. The van der Waals surface area contributed by atoms with E-state index in [2.05, 4.69) is 0 Å². The van der Waals surface area contributed by atoms with Gasteiger partial charge in [0.05, 0.1) is 39.6 Å². The first kappa shape index (κ1) is 11.8. The van der Waals surface area contributed by atoms with Gasteiger partial charge in [0.2, 0.25) is 0 Å². The van der Waals surface area contributed by atoms with Crippen molar-refractivity contribution in [3.05, 3.63) is 0 Å². The van der Waals surface area contributed by atoms with Gasteiger partial charge in [-0.3, -0.25) is 0 Å². The zero-order valence-electron chi connectivity index (χ0n) is 9.37. The van der Waals surface area contributed by atoms with Gasteiger partial charge in [0.15, 0.2) is 0 Å². The predicted molar refractivity (Wildman–Crippen MR) is 52.0 cm³/mol. The summed E-state index contributed by atoms with van der Waals surface area (Å²) in [6.07, 6.45) is -1.93. The van der Waals surface area contributed by atoms with Gasteiger partial charge in [-0.25, -0.2) is 0 Å². The molecule has 0 aromatic carbocycles. The van der Waals surface area contributed by atoms with Gasteiger partial charge in [-0.2, -0.15) is 0 Å². The lowest BCUT2D eigenvalue weighted by atomic mass is 10.5. The molecule has 1 N–H and O–H groups in total. The summed E-state index contributed by atoms with van der Waals surface area (Å²) in [5.74, 6) is 0. The minimum absolute atomic E-state index is 0.0306. The molecule has 3 unspecified atom stereocenters. The SMILES string of the molecule is OC(OCC1CO1)(OCC1CO1)OCC1CO1. The van der Waals surface area contributed by atoms with Crippen LogP contribution in [-0.4, -0.2) is 69.2 Å². The second kappa shape index (κ2) is 4.77. The van der Waals surface area contributed by atoms with Gasteiger partial charge in [0, 0.05) is 0 Å². The van der Waals surface area contributed by atoms with E-state index in [1.807, 2.05) is 0 Å². The number of aliphatic hydroxyl groups is 1. The molecule has 0 radical (unpaired) electrons.